The molecule has 6 heteroatoms. The zero-order chi connectivity index (χ0) is 20.6. The molecular formula is C23H27NO5. The third-order valence-corrected chi connectivity index (χ3v) is 5.02. The second-order valence-electron chi connectivity index (χ2n) is 6.89. The van der Waals surface area contributed by atoms with E-state index in [0.717, 1.165) is 19.6 Å². The number of ether oxygens (including phenoxy) is 3. The highest BCUT2D eigenvalue weighted by atomic mass is 16.5. The van der Waals surface area contributed by atoms with Crippen molar-refractivity contribution in [2.75, 3.05) is 40.5 Å². The number of rotatable bonds is 9. The van der Waals surface area contributed by atoms with Gasteiger partial charge in [-0.1, -0.05) is 12.1 Å². The topological polar surface area (TPSA) is 68.2 Å². The Bertz CT molecular complexity index is 854. The number of methoxy groups -OCH3 is 2. The second kappa shape index (κ2) is 9.98. The lowest BCUT2D eigenvalue weighted by molar-refractivity contribution is -0.130. The van der Waals surface area contributed by atoms with Crippen molar-refractivity contribution in [3.63, 3.8) is 0 Å². The first kappa shape index (κ1) is 20.7. The lowest BCUT2D eigenvalue weighted by Crippen LogP contribution is -2.25. The van der Waals surface area contributed by atoms with E-state index in [-0.39, 0.29) is 5.57 Å². The van der Waals surface area contributed by atoms with E-state index in [1.54, 1.807) is 56.7 Å². The monoisotopic (exact) mass is 397 g/mol. The predicted molar refractivity (Wildman–Crippen MR) is 113 cm³/mol. The Morgan fingerprint density at radius 3 is 2.31 bits per heavy atom. The summed E-state index contributed by atoms with van der Waals surface area (Å²) in [6, 6.07) is 12.4. The molecule has 1 heterocycles. The van der Waals surface area contributed by atoms with E-state index in [0.29, 0.717) is 35.0 Å². The van der Waals surface area contributed by atoms with Crippen molar-refractivity contribution >= 4 is 17.6 Å². The van der Waals surface area contributed by atoms with Crippen molar-refractivity contribution in [3.05, 3.63) is 53.6 Å². The lowest BCUT2D eigenvalue weighted by Gasteiger charge is -2.16. The van der Waals surface area contributed by atoms with E-state index in [2.05, 4.69) is 4.90 Å². The number of hydrogen-bond donors (Lipinski definition) is 1. The molecule has 0 bridgehead atoms. The minimum atomic E-state index is -1.01. The molecule has 0 spiro atoms. The fourth-order valence-corrected chi connectivity index (χ4v) is 3.37. The van der Waals surface area contributed by atoms with Crippen LogP contribution in [0.25, 0.3) is 11.6 Å². The van der Waals surface area contributed by atoms with Crippen molar-refractivity contribution < 1.29 is 24.1 Å². The molecule has 0 saturated carbocycles. The molecular weight excluding hydrogens is 370 g/mol. The van der Waals surface area contributed by atoms with Gasteiger partial charge in [-0.2, -0.15) is 0 Å². The van der Waals surface area contributed by atoms with Crippen molar-refractivity contribution in [1.29, 1.82) is 0 Å². The van der Waals surface area contributed by atoms with Gasteiger partial charge in [-0.15, -0.1) is 0 Å². The van der Waals surface area contributed by atoms with Crippen molar-refractivity contribution in [3.8, 4) is 17.2 Å². The number of carboxylic acid groups (broad SMARTS) is 1. The minimum Gasteiger partial charge on any atom is -0.497 e. The third kappa shape index (κ3) is 5.51. The first-order chi connectivity index (χ1) is 14.1. The number of carbonyl (C=O) groups is 1. The molecule has 6 nitrogen and oxygen atoms in total. The molecule has 0 radical (unpaired) electrons. The molecule has 0 aromatic heterocycles. The number of nitrogens with zero attached hydrogens (tertiary/aromatic N) is 1. The number of carboxylic acids is 1. The largest absolute Gasteiger partial charge is 0.497 e. The molecule has 1 saturated heterocycles. The van der Waals surface area contributed by atoms with Gasteiger partial charge in [-0.3, -0.25) is 4.90 Å². The number of aliphatic carboxylic acids is 1. The number of hydrogen-bond acceptors (Lipinski definition) is 5. The van der Waals surface area contributed by atoms with Gasteiger partial charge in [0.05, 0.1) is 19.8 Å². The summed E-state index contributed by atoms with van der Waals surface area (Å²) < 4.78 is 16.5. The van der Waals surface area contributed by atoms with E-state index in [1.165, 1.54) is 12.8 Å². The van der Waals surface area contributed by atoms with Crippen LogP contribution in [-0.4, -0.2) is 56.4 Å². The van der Waals surface area contributed by atoms with Crippen LogP contribution in [0.4, 0.5) is 0 Å². The summed E-state index contributed by atoms with van der Waals surface area (Å²) in [6.07, 6.45) is 4.10. The summed E-state index contributed by atoms with van der Waals surface area (Å²) in [5.41, 5.74) is 1.47. The van der Waals surface area contributed by atoms with Crippen molar-refractivity contribution in [2.45, 2.75) is 12.8 Å². The Morgan fingerprint density at radius 2 is 1.69 bits per heavy atom. The first-order valence-electron chi connectivity index (χ1n) is 9.73. The van der Waals surface area contributed by atoms with Gasteiger partial charge >= 0.3 is 5.97 Å². The Hall–Kier alpha value is -2.99. The summed E-state index contributed by atoms with van der Waals surface area (Å²) in [5.74, 6) is 0.943. The van der Waals surface area contributed by atoms with Crippen LogP contribution >= 0.6 is 0 Å². The molecule has 3 rings (SSSR count). The van der Waals surface area contributed by atoms with Crippen LogP contribution in [0.3, 0.4) is 0 Å². The lowest BCUT2D eigenvalue weighted by atomic mass is 10.0. The highest BCUT2D eigenvalue weighted by molar-refractivity contribution is 6.20. The molecule has 2 aromatic rings. The fourth-order valence-electron chi connectivity index (χ4n) is 3.37. The van der Waals surface area contributed by atoms with Crippen molar-refractivity contribution in [1.82, 2.24) is 4.90 Å². The van der Waals surface area contributed by atoms with E-state index in [1.807, 2.05) is 6.07 Å². The molecule has 29 heavy (non-hydrogen) atoms. The van der Waals surface area contributed by atoms with E-state index in [4.69, 9.17) is 14.2 Å². The molecule has 2 aromatic carbocycles. The quantitative estimate of drug-likeness (QED) is 0.513. The molecule has 0 amide bonds. The molecule has 1 aliphatic rings. The highest BCUT2D eigenvalue weighted by Gasteiger charge is 2.15. The summed E-state index contributed by atoms with van der Waals surface area (Å²) in [7, 11) is 3.17. The van der Waals surface area contributed by atoms with E-state index in [9.17, 15) is 9.90 Å². The van der Waals surface area contributed by atoms with Gasteiger partial charge in [0.25, 0.3) is 0 Å². The fraction of sp³-hybridized carbons (Fsp3) is 0.348. The van der Waals surface area contributed by atoms with Gasteiger partial charge in [0.2, 0.25) is 0 Å². The van der Waals surface area contributed by atoms with E-state index >= 15 is 0 Å². The van der Waals surface area contributed by atoms with Crippen LogP contribution in [-0.2, 0) is 4.79 Å². The zero-order valence-electron chi connectivity index (χ0n) is 16.9. The normalized spacial score (nSPS) is 14.6. The van der Waals surface area contributed by atoms with Gasteiger partial charge in [0, 0.05) is 18.2 Å². The molecule has 1 N–H and O–H groups in total. The first-order valence-corrected chi connectivity index (χ1v) is 9.73. The van der Waals surface area contributed by atoms with Crippen LogP contribution in [0, 0.1) is 0 Å². The maximum atomic E-state index is 11.9. The summed E-state index contributed by atoms with van der Waals surface area (Å²) in [5, 5.41) is 9.75. The zero-order valence-corrected chi connectivity index (χ0v) is 16.9. The highest BCUT2D eigenvalue weighted by Crippen LogP contribution is 2.30. The Labute approximate surface area is 171 Å². The Balaban J connectivity index is 1.85. The maximum Gasteiger partial charge on any atom is 0.336 e. The molecule has 0 atom stereocenters. The van der Waals surface area contributed by atoms with Crippen LogP contribution in [0.1, 0.15) is 24.0 Å². The van der Waals surface area contributed by atoms with Crippen LogP contribution < -0.4 is 14.2 Å². The standard InChI is InChI=1S/C23H27NO5/c1-27-19-8-5-17(6-9-19)21(23(25)26)15-18-7-10-20(28-2)16-22(18)29-14-13-24-11-3-4-12-24/h5-10,15-16H,3-4,11-14H2,1-2H3,(H,25,26)/b21-15-. The molecule has 0 unspecified atom stereocenters. The average molecular weight is 397 g/mol. The van der Waals surface area contributed by atoms with Crippen LogP contribution in [0.2, 0.25) is 0 Å². The minimum absolute atomic E-state index is 0.183. The molecule has 1 fully saturated rings. The van der Waals surface area contributed by atoms with Gasteiger partial charge < -0.3 is 19.3 Å². The van der Waals surface area contributed by atoms with Crippen LogP contribution in [0.5, 0.6) is 17.2 Å². The molecule has 1 aliphatic heterocycles. The number of benzene rings is 2. The number of likely N-dealkylation sites (tertiary alicyclic amines) is 1. The van der Waals surface area contributed by atoms with Gasteiger partial charge in [0.15, 0.2) is 0 Å². The Morgan fingerprint density at radius 1 is 1.03 bits per heavy atom. The van der Waals surface area contributed by atoms with Crippen LogP contribution in [0.15, 0.2) is 42.5 Å². The maximum absolute atomic E-state index is 11.9. The van der Waals surface area contributed by atoms with E-state index < -0.39 is 5.97 Å². The Kier molecular flexibility index (Phi) is 7.14. The van der Waals surface area contributed by atoms with Gasteiger partial charge in [-0.05, 0) is 61.8 Å². The summed E-state index contributed by atoms with van der Waals surface area (Å²) in [6.45, 7) is 3.60. The SMILES string of the molecule is COc1ccc(/C(=C/c2ccc(OC)cc2OCCN2CCCC2)C(=O)O)cc1. The predicted octanol–water partition coefficient (Wildman–Crippen LogP) is 3.80. The van der Waals surface area contributed by atoms with Crippen molar-refractivity contribution in [2.24, 2.45) is 0 Å². The van der Waals surface area contributed by atoms with Gasteiger partial charge in [-0.25, -0.2) is 4.79 Å². The smallest absolute Gasteiger partial charge is 0.336 e. The molecule has 0 aliphatic carbocycles. The second-order valence-corrected chi connectivity index (χ2v) is 6.89. The summed E-state index contributed by atoms with van der Waals surface area (Å²) in [4.78, 5) is 14.3. The molecule has 154 valence electrons. The average Bonchev–Trinajstić information content (AvgIpc) is 3.26. The third-order valence-electron chi connectivity index (χ3n) is 5.02. The van der Waals surface area contributed by atoms with Gasteiger partial charge in [0.1, 0.15) is 23.9 Å². The summed E-state index contributed by atoms with van der Waals surface area (Å²) >= 11 is 0.